The van der Waals surface area contributed by atoms with E-state index in [-0.39, 0.29) is 40.3 Å². The van der Waals surface area contributed by atoms with Gasteiger partial charge in [-0.2, -0.15) is 4.57 Å². The third-order valence-corrected chi connectivity index (χ3v) is 15.5. The van der Waals surface area contributed by atoms with Crippen LogP contribution in [0.2, 0.25) is 0 Å². The van der Waals surface area contributed by atoms with Crippen LogP contribution in [0.25, 0.3) is 0 Å². The highest BCUT2D eigenvalue weighted by Crippen LogP contribution is 2.77. The topological polar surface area (TPSA) is 53.7 Å². The van der Waals surface area contributed by atoms with Crippen LogP contribution in [0.1, 0.15) is 106 Å². The number of allylic oxidation sites excluding steroid dienone is 1. The van der Waals surface area contributed by atoms with E-state index in [0.717, 1.165) is 18.5 Å². The van der Waals surface area contributed by atoms with Gasteiger partial charge in [0.25, 0.3) is 0 Å². The molecule has 1 aromatic heterocycles. The maximum atomic E-state index is 13.2. The van der Waals surface area contributed by atoms with E-state index in [9.17, 15) is 9.90 Å². The summed E-state index contributed by atoms with van der Waals surface area (Å²) in [6.07, 6.45) is 15.9. The summed E-state index contributed by atoms with van der Waals surface area (Å²) >= 11 is 0. The molecule has 0 spiro atoms. The van der Waals surface area contributed by atoms with E-state index in [1.54, 1.807) is 0 Å². The number of aliphatic hydroxyl groups excluding tert-OH is 1. The SMILES string of the molecule is C=C(C)[C@@H]1CC[C@]2(CO)CC[C@]3(C)C(CCC4[C@@]5(C)CC[C@H](OC(=O)C[n+]6ccc(N(C)C)cc6)C(C)(C)C5CC[C@]43C)C12. The fraction of sp³-hybridized carbons (Fsp3) is 0.795. The molecule has 0 aliphatic heterocycles. The highest BCUT2D eigenvalue weighted by Gasteiger charge is 2.71. The molecule has 5 nitrogen and oxygen atoms in total. The molecule has 6 rings (SSSR count). The predicted molar refractivity (Wildman–Crippen MR) is 177 cm³/mol. The second-order valence-electron chi connectivity index (χ2n) is 17.7. The molecule has 244 valence electrons. The summed E-state index contributed by atoms with van der Waals surface area (Å²) in [6, 6.07) is 4.08. The number of pyridine rings is 1. The minimum Gasteiger partial charge on any atom is -0.457 e. The first kappa shape index (κ1) is 32.1. The highest BCUT2D eigenvalue weighted by molar-refractivity contribution is 5.68. The fourth-order valence-electron chi connectivity index (χ4n) is 12.9. The lowest BCUT2D eigenvalue weighted by Gasteiger charge is -2.73. The molecule has 10 atom stereocenters. The Labute approximate surface area is 267 Å². The van der Waals surface area contributed by atoms with Crippen molar-refractivity contribution in [2.75, 3.05) is 25.6 Å². The Morgan fingerprint density at radius 3 is 2.27 bits per heavy atom. The molecule has 5 aliphatic rings. The number of esters is 1. The number of carbonyl (C=O) groups is 1. The zero-order valence-electron chi connectivity index (χ0n) is 29.1. The first-order chi connectivity index (χ1) is 20.6. The van der Waals surface area contributed by atoms with Crippen LogP contribution in [0, 0.1) is 56.7 Å². The summed E-state index contributed by atoms with van der Waals surface area (Å²) < 4.78 is 8.28. The maximum absolute atomic E-state index is 13.2. The summed E-state index contributed by atoms with van der Waals surface area (Å²) in [4.78, 5) is 15.3. The Morgan fingerprint density at radius 2 is 1.64 bits per heavy atom. The van der Waals surface area contributed by atoms with E-state index >= 15 is 0 Å². The van der Waals surface area contributed by atoms with Crippen LogP contribution in [0.5, 0.6) is 0 Å². The van der Waals surface area contributed by atoms with Crippen molar-refractivity contribution >= 4 is 11.7 Å². The lowest BCUT2D eigenvalue weighted by atomic mass is 9.32. The van der Waals surface area contributed by atoms with Gasteiger partial charge in [-0.1, -0.05) is 46.8 Å². The van der Waals surface area contributed by atoms with E-state index in [4.69, 9.17) is 4.74 Å². The van der Waals surface area contributed by atoms with Gasteiger partial charge >= 0.3 is 5.97 Å². The number of nitrogens with zero attached hydrogens (tertiary/aromatic N) is 2. The van der Waals surface area contributed by atoms with Crippen molar-refractivity contribution in [2.45, 2.75) is 118 Å². The van der Waals surface area contributed by atoms with E-state index < -0.39 is 0 Å². The van der Waals surface area contributed by atoms with Gasteiger partial charge in [-0.3, -0.25) is 0 Å². The van der Waals surface area contributed by atoms with Gasteiger partial charge in [-0.15, -0.1) is 0 Å². The Balaban J connectivity index is 1.21. The molecule has 0 radical (unpaired) electrons. The van der Waals surface area contributed by atoms with Gasteiger partial charge in [-0.05, 0) is 122 Å². The summed E-state index contributed by atoms with van der Waals surface area (Å²) in [5.41, 5.74) is 3.34. The number of ether oxygens (including phenoxy) is 1. The molecule has 4 unspecified atom stereocenters. The van der Waals surface area contributed by atoms with Crippen molar-refractivity contribution in [1.82, 2.24) is 0 Å². The molecular formula is C39H61N2O3+. The Hall–Kier alpha value is -1.88. The number of anilines is 1. The van der Waals surface area contributed by atoms with Crippen LogP contribution in [0.3, 0.4) is 0 Å². The molecule has 0 bridgehead atoms. The van der Waals surface area contributed by atoms with Crippen molar-refractivity contribution in [3.63, 3.8) is 0 Å². The molecule has 5 aliphatic carbocycles. The first-order valence-electron chi connectivity index (χ1n) is 17.8. The Morgan fingerprint density at radius 1 is 0.932 bits per heavy atom. The van der Waals surface area contributed by atoms with Crippen LogP contribution < -0.4 is 9.47 Å². The van der Waals surface area contributed by atoms with Crippen LogP contribution in [-0.4, -0.2) is 37.9 Å². The van der Waals surface area contributed by atoms with Crippen molar-refractivity contribution in [3.05, 3.63) is 36.7 Å². The lowest BCUT2D eigenvalue weighted by molar-refractivity contribution is -0.686. The van der Waals surface area contributed by atoms with Gasteiger partial charge in [0.15, 0.2) is 12.4 Å². The van der Waals surface area contributed by atoms with Crippen LogP contribution in [-0.2, 0) is 16.1 Å². The zero-order chi connectivity index (χ0) is 31.9. The number of aliphatic hydroxyl groups is 1. The van der Waals surface area contributed by atoms with Gasteiger partial charge < -0.3 is 14.7 Å². The van der Waals surface area contributed by atoms with Crippen molar-refractivity contribution in [2.24, 2.45) is 56.7 Å². The summed E-state index contributed by atoms with van der Waals surface area (Å²) in [5, 5.41) is 10.8. The summed E-state index contributed by atoms with van der Waals surface area (Å²) in [7, 11) is 4.05. The van der Waals surface area contributed by atoms with Gasteiger partial charge in [0, 0.05) is 43.9 Å². The average Bonchev–Trinajstić information content (AvgIpc) is 3.36. The van der Waals surface area contributed by atoms with Crippen LogP contribution in [0.15, 0.2) is 36.7 Å². The number of fused-ring (bicyclic) bond motifs is 7. The lowest BCUT2D eigenvalue weighted by Crippen LogP contribution is -2.67. The number of aromatic nitrogens is 1. The molecule has 1 aromatic rings. The molecule has 1 N–H and O–H groups in total. The largest absolute Gasteiger partial charge is 0.457 e. The minimum atomic E-state index is -0.124. The maximum Gasteiger partial charge on any atom is 0.372 e. The number of rotatable bonds is 6. The minimum absolute atomic E-state index is 0.0410. The third-order valence-electron chi connectivity index (χ3n) is 15.5. The Bertz CT molecular complexity index is 1270. The molecule has 44 heavy (non-hydrogen) atoms. The molecule has 5 saturated carbocycles. The zero-order valence-corrected chi connectivity index (χ0v) is 29.1. The molecule has 1 heterocycles. The molecule has 5 fully saturated rings. The van der Waals surface area contributed by atoms with E-state index in [2.05, 4.69) is 53.0 Å². The highest BCUT2D eigenvalue weighted by atomic mass is 16.5. The van der Waals surface area contributed by atoms with E-state index in [1.165, 1.54) is 56.9 Å². The van der Waals surface area contributed by atoms with Gasteiger partial charge in [-0.25, -0.2) is 4.79 Å². The van der Waals surface area contributed by atoms with Crippen molar-refractivity contribution in [1.29, 1.82) is 0 Å². The van der Waals surface area contributed by atoms with Gasteiger partial charge in [0.2, 0.25) is 6.54 Å². The molecule has 0 saturated heterocycles. The standard InChI is InChI=1S/C39H61N2O3/c1-26(2)28-12-19-39(25-42)21-20-37(6)29(34(28)39)10-11-31-36(5)17-14-32(35(3,4)30(36)13-18-38(31,37)7)44-33(43)24-41-22-15-27(16-23-41)40(8)9/h15-16,22-23,28-32,34,42H,1,10-14,17-21,24-25H2,2-9H3/q+1/t28-,29?,30?,31?,32-,34?,36-,37+,38+,39+/m0/s1. The first-order valence-corrected chi connectivity index (χ1v) is 17.8. The number of hydrogen-bond donors (Lipinski definition) is 1. The average molecular weight is 606 g/mol. The number of carbonyl (C=O) groups excluding carboxylic acids is 1. The second-order valence-corrected chi connectivity index (χ2v) is 17.7. The van der Waals surface area contributed by atoms with Crippen LogP contribution in [0.4, 0.5) is 5.69 Å². The molecule has 0 aromatic carbocycles. The normalized spacial score (nSPS) is 44.0. The van der Waals surface area contributed by atoms with Gasteiger partial charge in [0.05, 0.1) is 0 Å². The molecule has 0 amide bonds. The quantitative estimate of drug-likeness (QED) is 0.206. The Kier molecular flexibility index (Phi) is 7.91. The molecule has 5 heteroatoms. The van der Waals surface area contributed by atoms with Crippen molar-refractivity contribution < 1.29 is 19.2 Å². The second kappa shape index (κ2) is 10.8. The van der Waals surface area contributed by atoms with E-state index in [1.807, 2.05) is 43.2 Å². The number of hydrogen-bond acceptors (Lipinski definition) is 4. The third kappa shape index (κ3) is 4.55. The van der Waals surface area contributed by atoms with E-state index in [0.29, 0.717) is 41.6 Å². The summed E-state index contributed by atoms with van der Waals surface area (Å²) in [5.74, 6) is 2.91. The van der Waals surface area contributed by atoms with Gasteiger partial charge in [0.1, 0.15) is 6.10 Å². The molecular weight excluding hydrogens is 544 g/mol. The smallest absolute Gasteiger partial charge is 0.372 e. The fourth-order valence-corrected chi connectivity index (χ4v) is 12.9. The predicted octanol–water partition coefficient (Wildman–Crippen LogP) is 7.60. The summed E-state index contributed by atoms with van der Waals surface area (Å²) in [6.45, 7) is 20.1. The van der Waals surface area contributed by atoms with Crippen molar-refractivity contribution in [3.8, 4) is 0 Å². The van der Waals surface area contributed by atoms with Crippen LogP contribution >= 0.6 is 0 Å². The monoisotopic (exact) mass is 605 g/mol.